The number of cyclic esters (lactones) is 1. The van der Waals surface area contributed by atoms with Gasteiger partial charge in [-0.15, -0.1) is 0 Å². The van der Waals surface area contributed by atoms with Gasteiger partial charge in [0.1, 0.15) is 11.9 Å². The topological polar surface area (TPSA) is 108 Å². The third kappa shape index (κ3) is 5.57. The van der Waals surface area contributed by atoms with Gasteiger partial charge in [-0.25, -0.2) is 17.6 Å². The van der Waals surface area contributed by atoms with Crippen LogP contribution in [0.2, 0.25) is 0 Å². The number of halogens is 3. The highest BCUT2D eigenvalue weighted by Crippen LogP contribution is 2.28. The third-order valence-electron chi connectivity index (χ3n) is 4.68. The van der Waals surface area contributed by atoms with E-state index in [0.29, 0.717) is 0 Å². The number of sulfonamides is 1. The molecule has 0 bridgehead atoms. The third-order valence-corrected chi connectivity index (χ3v) is 5.71. The highest BCUT2D eigenvalue weighted by molar-refractivity contribution is 7.88. The van der Waals surface area contributed by atoms with Gasteiger partial charge in [-0.3, -0.25) is 14.5 Å². The molecular formula is C17H21F3N4O6S. The number of hydrogen-bond donors (Lipinski definition) is 1. The molecule has 0 unspecified atom stereocenters. The van der Waals surface area contributed by atoms with Crippen molar-refractivity contribution in [2.75, 3.05) is 55.4 Å². The molecule has 1 atom stereocenters. The Bertz CT molecular complexity index is 948. The van der Waals surface area contributed by atoms with E-state index < -0.39 is 40.4 Å². The second-order valence-electron chi connectivity index (χ2n) is 6.91. The average molecular weight is 466 g/mol. The Kier molecular flexibility index (Phi) is 6.91. The second-order valence-corrected chi connectivity index (χ2v) is 8.78. The summed E-state index contributed by atoms with van der Waals surface area (Å²) in [5.74, 6) is -2.12. The normalized spacial score (nSPS) is 20.7. The van der Waals surface area contributed by atoms with E-state index in [1.807, 2.05) is 5.32 Å². The van der Waals surface area contributed by atoms with E-state index >= 15 is 0 Å². The molecule has 2 saturated heterocycles. The molecule has 0 radical (unpaired) electrons. The summed E-state index contributed by atoms with van der Waals surface area (Å²) in [6.45, 7) is 0.156. The summed E-state index contributed by atoms with van der Waals surface area (Å²) in [7, 11) is -3.54. The van der Waals surface area contributed by atoms with Crippen LogP contribution in [0, 0.1) is 5.82 Å². The number of rotatable bonds is 6. The zero-order valence-electron chi connectivity index (χ0n) is 16.5. The summed E-state index contributed by atoms with van der Waals surface area (Å²) in [4.78, 5) is 30.9. The lowest BCUT2D eigenvalue weighted by molar-refractivity contribution is -0.132. The number of hydroxylamine groups is 1. The number of anilines is 2. The summed E-state index contributed by atoms with van der Waals surface area (Å²) in [6.07, 6.45) is -3.82. The number of nitrogens with zero attached hydrogens (tertiary/aromatic N) is 3. The number of amides is 2. The van der Waals surface area contributed by atoms with E-state index in [2.05, 4.69) is 0 Å². The van der Waals surface area contributed by atoms with Gasteiger partial charge in [-0.1, -0.05) is 4.47 Å². The van der Waals surface area contributed by atoms with Gasteiger partial charge in [-0.05, 0) is 18.2 Å². The summed E-state index contributed by atoms with van der Waals surface area (Å²) < 4.78 is 68.4. The molecule has 0 spiro atoms. The molecule has 2 aliphatic rings. The van der Waals surface area contributed by atoms with Gasteiger partial charge < -0.3 is 15.0 Å². The van der Waals surface area contributed by atoms with Crippen LogP contribution < -0.4 is 15.1 Å². The number of hydrogen-bond acceptors (Lipinski definition) is 7. The van der Waals surface area contributed by atoms with Gasteiger partial charge in [0.25, 0.3) is 5.91 Å². The molecule has 1 N–H and O–H groups in total. The average Bonchev–Trinajstić information content (AvgIpc) is 2.89. The van der Waals surface area contributed by atoms with Crippen LogP contribution in [-0.2, 0) is 24.4 Å². The predicted molar refractivity (Wildman–Crippen MR) is 103 cm³/mol. The van der Waals surface area contributed by atoms with Crippen molar-refractivity contribution in [3.05, 3.63) is 24.0 Å². The van der Waals surface area contributed by atoms with Crippen LogP contribution in [-0.4, -0.2) is 83.0 Å². The molecule has 3 rings (SSSR count). The minimum Gasteiger partial charge on any atom is -0.442 e. The number of ether oxygens (including phenoxy) is 1. The van der Waals surface area contributed by atoms with Crippen LogP contribution in [0.15, 0.2) is 18.2 Å². The Hall–Kier alpha value is -2.58. The Morgan fingerprint density at radius 1 is 1.29 bits per heavy atom. The van der Waals surface area contributed by atoms with Gasteiger partial charge in [0.2, 0.25) is 10.0 Å². The first-order valence-electron chi connectivity index (χ1n) is 9.25. The molecule has 0 saturated carbocycles. The SMILES string of the molecule is CS(=O)(=O)N1CCN(c2ccc(N3C[C@H](CNC(=O)C(F)F)OC3=O)cc2F)CCO1. The van der Waals surface area contributed by atoms with Crippen molar-refractivity contribution < 1.29 is 40.8 Å². The molecule has 172 valence electrons. The fourth-order valence-electron chi connectivity index (χ4n) is 3.18. The van der Waals surface area contributed by atoms with Crippen LogP contribution in [0.25, 0.3) is 0 Å². The van der Waals surface area contributed by atoms with Crippen LogP contribution in [0.4, 0.5) is 29.3 Å². The Labute approximate surface area is 176 Å². The first-order valence-corrected chi connectivity index (χ1v) is 11.1. The first kappa shape index (κ1) is 23.1. The maximum Gasteiger partial charge on any atom is 0.414 e. The summed E-state index contributed by atoms with van der Waals surface area (Å²) in [5, 5.41) is 1.97. The van der Waals surface area contributed by atoms with Crippen molar-refractivity contribution in [2.45, 2.75) is 12.5 Å². The summed E-state index contributed by atoms with van der Waals surface area (Å²) in [5.41, 5.74) is 0.397. The van der Waals surface area contributed by atoms with Crippen LogP contribution in [0.5, 0.6) is 0 Å². The van der Waals surface area contributed by atoms with Crippen LogP contribution >= 0.6 is 0 Å². The van der Waals surface area contributed by atoms with E-state index in [4.69, 9.17) is 9.57 Å². The molecule has 1 aromatic carbocycles. The molecule has 1 aromatic rings. The Morgan fingerprint density at radius 3 is 2.68 bits per heavy atom. The molecule has 14 heteroatoms. The standard InChI is InChI=1S/C17H21F3N4O6S/c1-31(27,28)24-5-4-22(6-7-29-24)14-3-2-11(8-13(14)18)23-10-12(30-17(23)26)9-21-16(25)15(19)20/h2-3,8,12,15H,4-7,9-10H2,1H3,(H,21,25)/t12-/m0/s1. The van der Waals surface area contributed by atoms with E-state index in [0.717, 1.165) is 21.7 Å². The molecule has 2 aliphatic heterocycles. The lowest BCUT2D eigenvalue weighted by atomic mass is 10.2. The zero-order chi connectivity index (χ0) is 22.8. The van der Waals surface area contributed by atoms with E-state index in [1.54, 1.807) is 4.90 Å². The fourth-order valence-corrected chi connectivity index (χ4v) is 3.86. The van der Waals surface area contributed by atoms with Crippen molar-refractivity contribution in [3.63, 3.8) is 0 Å². The smallest absolute Gasteiger partial charge is 0.414 e. The minimum absolute atomic E-state index is 0.0183. The lowest BCUT2D eigenvalue weighted by Gasteiger charge is -2.23. The Balaban J connectivity index is 1.65. The number of carbonyl (C=O) groups excluding carboxylic acids is 2. The molecule has 10 nitrogen and oxygen atoms in total. The highest BCUT2D eigenvalue weighted by Gasteiger charge is 2.34. The molecule has 0 aromatic heterocycles. The van der Waals surface area contributed by atoms with E-state index in [9.17, 15) is 31.2 Å². The van der Waals surface area contributed by atoms with Gasteiger partial charge in [-0.2, -0.15) is 8.78 Å². The summed E-state index contributed by atoms with van der Waals surface area (Å²) in [6, 6.07) is 4.05. The van der Waals surface area contributed by atoms with Gasteiger partial charge in [0.15, 0.2) is 0 Å². The molecule has 0 aliphatic carbocycles. The fraction of sp³-hybridized carbons (Fsp3) is 0.529. The first-order chi connectivity index (χ1) is 14.6. The summed E-state index contributed by atoms with van der Waals surface area (Å²) >= 11 is 0. The Morgan fingerprint density at radius 2 is 2.03 bits per heavy atom. The van der Waals surface area contributed by atoms with Gasteiger partial charge in [0, 0.05) is 13.1 Å². The maximum absolute atomic E-state index is 14.8. The van der Waals surface area contributed by atoms with Crippen LogP contribution in [0.3, 0.4) is 0 Å². The predicted octanol–water partition coefficient (Wildman–Crippen LogP) is 0.545. The lowest BCUT2D eigenvalue weighted by Crippen LogP contribution is -2.37. The van der Waals surface area contributed by atoms with Crippen molar-refractivity contribution in [3.8, 4) is 0 Å². The maximum atomic E-state index is 14.8. The quantitative estimate of drug-likeness (QED) is 0.652. The second kappa shape index (κ2) is 9.28. The molecular weight excluding hydrogens is 445 g/mol. The molecule has 2 fully saturated rings. The molecule has 2 amide bonds. The molecule has 31 heavy (non-hydrogen) atoms. The van der Waals surface area contributed by atoms with Gasteiger partial charge >= 0.3 is 12.5 Å². The number of alkyl halides is 2. The van der Waals surface area contributed by atoms with Crippen molar-refractivity contribution in [2.24, 2.45) is 0 Å². The number of nitrogens with one attached hydrogen (secondary N) is 1. The molecule has 2 heterocycles. The zero-order valence-corrected chi connectivity index (χ0v) is 17.3. The monoisotopic (exact) mass is 466 g/mol. The van der Waals surface area contributed by atoms with Crippen molar-refractivity contribution >= 4 is 33.4 Å². The van der Waals surface area contributed by atoms with E-state index in [1.165, 1.54) is 12.1 Å². The van der Waals surface area contributed by atoms with E-state index in [-0.39, 0.29) is 50.7 Å². The van der Waals surface area contributed by atoms with Crippen molar-refractivity contribution in [1.29, 1.82) is 0 Å². The largest absolute Gasteiger partial charge is 0.442 e. The number of carbonyl (C=O) groups is 2. The van der Waals surface area contributed by atoms with Gasteiger partial charge in [0.05, 0.1) is 43.9 Å². The minimum atomic E-state index is -3.54. The van der Waals surface area contributed by atoms with Crippen molar-refractivity contribution in [1.82, 2.24) is 9.79 Å². The highest BCUT2D eigenvalue weighted by atomic mass is 32.2. The van der Waals surface area contributed by atoms with Crippen LogP contribution in [0.1, 0.15) is 0 Å². The number of benzene rings is 1.